The van der Waals surface area contributed by atoms with Gasteiger partial charge in [-0.15, -0.1) is 0 Å². The van der Waals surface area contributed by atoms with E-state index in [0.29, 0.717) is 34.8 Å². The zero-order chi connectivity index (χ0) is 31.5. The average molecular weight is 586 g/mol. The molecular weight excluding hydrogens is 538 g/mol. The van der Waals surface area contributed by atoms with E-state index in [0.717, 1.165) is 43.1 Å². The largest absolute Gasteiger partial charge is 0.507 e. The molecule has 2 fully saturated rings. The van der Waals surface area contributed by atoms with Crippen molar-refractivity contribution in [3.8, 4) is 11.5 Å². The second kappa shape index (κ2) is 13.2. The summed E-state index contributed by atoms with van der Waals surface area (Å²) in [6.45, 7) is 12.7. The first-order valence-electron chi connectivity index (χ1n) is 15.6. The standard InChI is InChI=1S/C36H47N3O4/c1-8-23(5)26-12-13-30(28(18-26)21(2)3)38-31(34-32(41)10-9-11-33(34)43-7)19-29(37)35(42)39-36(20-40)24(6)16-25-14-22(4)15-27(36)17-25/h9-11,18-25,27,41H,8,14-17,37H2,1-7H3,(H,39,42)/b29-19-,38-31?. The summed E-state index contributed by atoms with van der Waals surface area (Å²) >= 11 is 0. The Balaban J connectivity index is 1.81. The molecule has 0 heterocycles. The van der Waals surface area contributed by atoms with Gasteiger partial charge in [-0.3, -0.25) is 4.79 Å². The molecule has 0 aromatic heterocycles. The van der Waals surface area contributed by atoms with Crippen molar-refractivity contribution in [3.63, 3.8) is 0 Å². The van der Waals surface area contributed by atoms with E-state index in [1.807, 2.05) is 6.92 Å². The number of carbonyl (C=O) groups excluding carboxylic acids is 2. The number of benzene rings is 1. The van der Waals surface area contributed by atoms with Crippen molar-refractivity contribution in [3.05, 3.63) is 69.9 Å². The molecule has 6 unspecified atom stereocenters. The highest BCUT2D eigenvalue weighted by Gasteiger charge is 2.51. The molecule has 4 rings (SSSR count). The van der Waals surface area contributed by atoms with Gasteiger partial charge in [-0.25, -0.2) is 4.99 Å². The van der Waals surface area contributed by atoms with Gasteiger partial charge in [0.2, 0.25) is 0 Å². The molecule has 0 radical (unpaired) electrons. The summed E-state index contributed by atoms with van der Waals surface area (Å²) in [5.41, 5.74) is 15.0. The van der Waals surface area contributed by atoms with E-state index in [1.165, 1.54) is 25.7 Å². The highest BCUT2D eigenvalue weighted by atomic mass is 16.5. The number of amides is 1. The first-order valence-corrected chi connectivity index (χ1v) is 15.6. The van der Waals surface area contributed by atoms with Crippen LogP contribution in [-0.4, -0.2) is 35.7 Å². The molecule has 0 aliphatic heterocycles. The van der Waals surface area contributed by atoms with Crippen LogP contribution in [0.2, 0.25) is 0 Å². The number of methoxy groups -OCH3 is 1. The molecular formula is C36H47N3O4. The number of nitrogens with zero attached hydrogens (tertiary/aromatic N) is 1. The quantitative estimate of drug-likeness (QED) is 0.128. The Bertz CT molecular complexity index is 1450. The fourth-order valence-electron chi connectivity index (χ4n) is 7.10. The number of phenolic OH excluding ortho intramolecular Hbond substituents is 1. The van der Waals surface area contributed by atoms with Gasteiger partial charge in [0, 0.05) is 5.57 Å². The molecule has 7 nitrogen and oxygen atoms in total. The topological polar surface area (TPSA) is 114 Å². The van der Waals surface area contributed by atoms with Crippen LogP contribution < -0.4 is 15.8 Å². The zero-order valence-corrected chi connectivity index (χ0v) is 26.7. The number of allylic oxidation sites excluding steroid dienone is 4. The van der Waals surface area contributed by atoms with Crippen LogP contribution in [0.5, 0.6) is 11.5 Å². The van der Waals surface area contributed by atoms with E-state index < -0.39 is 11.4 Å². The molecule has 7 heteroatoms. The van der Waals surface area contributed by atoms with Crippen LogP contribution in [0.1, 0.15) is 79.2 Å². The molecule has 43 heavy (non-hydrogen) atoms. The molecule has 1 aromatic rings. The third-order valence-electron chi connectivity index (χ3n) is 9.69. The Morgan fingerprint density at radius 3 is 2.60 bits per heavy atom. The molecule has 230 valence electrons. The van der Waals surface area contributed by atoms with E-state index in [-0.39, 0.29) is 34.9 Å². The molecule has 0 spiro atoms. The Morgan fingerprint density at radius 1 is 1.21 bits per heavy atom. The summed E-state index contributed by atoms with van der Waals surface area (Å²) < 4.78 is 5.58. The van der Waals surface area contributed by atoms with E-state index >= 15 is 0 Å². The Morgan fingerprint density at radius 2 is 1.95 bits per heavy atom. The van der Waals surface area contributed by atoms with Crippen molar-refractivity contribution in [2.45, 2.75) is 79.2 Å². The summed E-state index contributed by atoms with van der Waals surface area (Å²) in [6, 6.07) is 4.92. The van der Waals surface area contributed by atoms with Crippen LogP contribution >= 0.6 is 0 Å². The zero-order valence-electron chi connectivity index (χ0n) is 26.7. The number of aldehydes is 1. The van der Waals surface area contributed by atoms with Crippen molar-refractivity contribution in [2.75, 3.05) is 7.11 Å². The van der Waals surface area contributed by atoms with Gasteiger partial charge in [-0.1, -0.05) is 53.3 Å². The second-order valence-corrected chi connectivity index (χ2v) is 13.1. The summed E-state index contributed by atoms with van der Waals surface area (Å²) in [6.07, 6.45) is 9.33. The fourth-order valence-corrected chi connectivity index (χ4v) is 7.10. The van der Waals surface area contributed by atoms with Crippen LogP contribution in [0.4, 0.5) is 0 Å². The van der Waals surface area contributed by atoms with Crippen molar-refractivity contribution < 1.29 is 19.4 Å². The lowest BCUT2D eigenvalue weighted by atomic mass is 9.57. The minimum absolute atomic E-state index is 0.00726. The molecule has 1 aromatic carbocycles. The third kappa shape index (κ3) is 6.59. The second-order valence-electron chi connectivity index (χ2n) is 13.1. The Hall–Kier alpha value is -3.79. The monoisotopic (exact) mass is 585 g/mol. The van der Waals surface area contributed by atoms with E-state index in [9.17, 15) is 14.7 Å². The van der Waals surface area contributed by atoms with E-state index in [4.69, 9.17) is 15.5 Å². The van der Waals surface area contributed by atoms with Gasteiger partial charge >= 0.3 is 0 Å². The molecule has 2 bridgehead atoms. The van der Waals surface area contributed by atoms with Crippen molar-refractivity contribution in [2.24, 2.45) is 46.2 Å². The van der Waals surface area contributed by atoms with E-state index in [1.54, 1.807) is 12.1 Å². The fraction of sp³-hybridized carbons (Fsp3) is 0.528. The van der Waals surface area contributed by atoms with Crippen LogP contribution in [0.15, 0.2) is 69.3 Å². The van der Waals surface area contributed by atoms with Crippen molar-refractivity contribution in [1.82, 2.24) is 5.32 Å². The SMILES string of the molecule is CCC(C)C1=C=C=C(N=C(/C=C(\N)C(=O)NC2(C=O)C(C)CC3CC(C)CC2C3)c2c(O)cccc2OC)C(C(C)C)=C1. The molecule has 4 N–H and O–H groups in total. The average Bonchev–Trinajstić information content (AvgIpc) is 2.97. The maximum absolute atomic E-state index is 13.7. The number of aromatic hydroxyl groups is 1. The van der Waals surface area contributed by atoms with Gasteiger partial charge < -0.3 is 25.7 Å². The molecule has 2 saturated carbocycles. The van der Waals surface area contributed by atoms with Crippen LogP contribution in [-0.2, 0) is 9.59 Å². The number of phenols is 1. The lowest BCUT2D eigenvalue weighted by Gasteiger charge is -2.52. The summed E-state index contributed by atoms with van der Waals surface area (Å²) in [5, 5.41) is 14.0. The molecule has 1 amide bonds. The lowest BCUT2D eigenvalue weighted by molar-refractivity contribution is -0.132. The Labute approximate surface area is 256 Å². The van der Waals surface area contributed by atoms with Crippen LogP contribution in [0.3, 0.4) is 0 Å². The summed E-state index contributed by atoms with van der Waals surface area (Å²) in [5.74, 6) is 1.35. The smallest absolute Gasteiger partial charge is 0.268 e. The van der Waals surface area contributed by atoms with Gasteiger partial charge in [0.15, 0.2) is 0 Å². The molecule has 6 atom stereocenters. The van der Waals surface area contributed by atoms with Gasteiger partial charge in [-0.05, 0) is 103 Å². The number of aliphatic imine (C=N–C) groups is 1. The number of hydrogen-bond acceptors (Lipinski definition) is 6. The predicted octanol–water partition coefficient (Wildman–Crippen LogP) is 6.39. The number of nitrogens with two attached hydrogens (primary N) is 1. The number of nitrogens with one attached hydrogen (secondary N) is 1. The minimum Gasteiger partial charge on any atom is -0.507 e. The minimum atomic E-state index is -0.982. The Kier molecular flexibility index (Phi) is 9.89. The predicted molar refractivity (Wildman–Crippen MR) is 171 cm³/mol. The normalized spacial score (nSPS) is 28.0. The van der Waals surface area contributed by atoms with Crippen molar-refractivity contribution >= 4 is 17.9 Å². The maximum Gasteiger partial charge on any atom is 0.268 e. The number of carbonyl (C=O) groups is 2. The first kappa shape index (κ1) is 32.1. The highest BCUT2D eigenvalue weighted by Crippen LogP contribution is 2.49. The van der Waals surface area contributed by atoms with Gasteiger partial charge in [0.1, 0.15) is 29.0 Å². The number of fused-ring (bicyclic) bond motifs is 2. The maximum atomic E-state index is 13.7. The van der Waals surface area contributed by atoms with Crippen molar-refractivity contribution in [1.29, 1.82) is 0 Å². The number of rotatable bonds is 10. The highest BCUT2D eigenvalue weighted by molar-refractivity contribution is 6.16. The lowest BCUT2D eigenvalue weighted by Crippen LogP contribution is -2.63. The van der Waals surface area contributed by atoms with Crippen LogP contribution in [0.25, 0.3) is 0 Å². The summed E-state index contributed by atoms with van der Waals surface area (Å²) in [7, 11) is 1.51. The first-order chi connectivity index (χ1) is 20.4. The van der Waals surface area contributed by atoms with Gasteiger partial charge in [0.05, 0.1) is 24.1 Å². The molecule has 3 aliphatic carbocycles. The number of hydrogen-bond donors (Lipinski definition) is 3. The molecule has 3 aliphatic rings. The van der Waals surface area contributed by atoms with Gasteiger partial charge in [0.25, 0.3) is 5.91 Å². The number of ether oxygens (including phenoxy) is 1. The van der Waals surface area contributed by atoms with Gasteiger partial charge in [-0.2, -0.15) is 0 Å². The third-order valence-corrected chi connectivity index (χ3v) is 9.69. The van der Waals surface area contributed by atoms with Crippen LogP contribution in [0, 0.1) is 35.5 Å². The summed E-state index contributed by atoms with van der Waals surface area (Å²) in [4.78, 5) is 31.3. The molecule has 0 saturated heterocycles. The van der Waals surface area contributed by atoms with E-state index in [2.05, 4.69) is 57.5 Å².